The molecule has 3 heteroatoms. The van der Waals surface area contributed by atoms with Crippen molar-refractivity contribution in [1.82, 2.24) is 4.90 Å². The summed E-state index contributed by atoms with van der Waals surface area (Å²) in [6.45, 7) is 11.0. The fraction of sp³-hybridized carbons (Fsp3) is 0.462. The SMILES string of the molecule is [CH]c1cccc(OCCN2CCOCC2)c1. The van der Waals surface area contributed by atoms with Crippen molar-refractivity contribution in [2.45, 2.75) is 0 Å². The topological polar surface area (TPSA) is 21.7 Å². The highest BCUT2D eigenvalue weighted by atomic mass is 16.5. The first-order valence-corrected chi connectivity index (χ1v) is 5.63. The molecule has 0 saturated carbocycles. The Bertz CT molecular complexity index is 321. The van der Waals surface area contributed by atoms with Crippen LogP contribution in [0.5, 0.6) is 5.75 Å². The first-order valence-electron chi connectivity index (χ1n) is 5.63. The zero-order valence-corrected chi connectivity index (χ0v) is 9.39. The van der Waals surface area contributed by atoms with Gasteiger partial charge >= 0.3 is 0 Å². The number of benzene rings is 1. The molecule has 16 heavy (non-hydrogen) atoms. The normalized spacial score (nSPS) is 17.3. The van der Waals surface area contributed by atoms with Gasteiger partial charge in [-0.2, -0.15) is 0 Å². The maximum Gasteiger partial charge on any atom is 0.119 e. The second kappa shape index (κ2) is 5.87. The van der Waals surface area contributed by atoms with Crippen LogP contribution in [0.2, 0.25) is 0 Å². The van der Waals surface area contributed by atoms with Gasteiger partial charge in [0.1, 0.15) is 12.4 Å². The molecule has 1 fully saturated rings. The van der Waals surface area contributed by atoms with Crippen molar-refractivity contribution >= 4 is 0 Å². The van der Waals surface area contributed by atoms with Gasteiger partial charge < -0.3 is 9.47 Å². The largest absolute Gasteiger partial charge is 0.492 e. The standard InChI is InChI=1S/C13H17NO2/c1-12-3-2-4-13(11-12)16-10-7-14-5-8-15-9-6-14/h1-4,11H,5-10H2. The molecular weight excluding hydrogens is 202 g/mol. The lowest BCUT2D eigenvalue weighted by Gasteiger charge is -2.26. The van der Waals surface area contributed by atoms with E-state index in [-0.39, 0.29) is 0 Å². The molecule has 1 saturated heterocycles. The zero-order chi connectivity index (χ0) is 11.2. The predicted molar refractivity (Wildman–Crippen MR) is 62.6 cm³/mol. The Kier molecular flexibility index (Phi) is 4.19. The molecule has 2 rings (SSSR count). The van der Waals surface area contributed by atoms with Crippen LogP contribution in [0.25, 0.3) is 0 Å². The van der Waals surface area contributed by atoms with Crippen molar-refractivity contribution < 1.29 is 9.47 Å². The van der Waals surface area contributed by atoms with E-state index >= 15 is 0 Å². The molecule has 86 valence electrons. The summed E-state index contributed by atoms with van der Waals surface area (Å²) < 4.78 is 10.9. The fourth-order valence-electron chi connectivity index (χ4n) is 1.72. The summed E-state index contributed by atoms with van der Waals surface area (Å²) in [6, 6.07) is 7.53. The third-order valence-electron chi connectivity index (χ3n) is 2.64. The van der Waals surface area contributed by atoms with Crippen LogP contribution >= 0.6 is 0 Å². The van der Waals surface area contributed by atoms with Gasteiger partial charge in [0.05, 0.1) is 13.2 Å². The number of nitrogens with zero attached hydrogens (tertiary/aromatic N) is 1. The minimum atomic E-state index is 0.698. The second-order valence-corrected chi connectivity index (χ2v) is 3.87. The number of rotatable bonds is 4. The molecule has 1 aromatic rings. The van der Waals surface area contributed by atoms with Crippen LogP contribution in [0.15, 0.2) is 24.3 Å². The summed E-state index contributed by atoms with van der Waals surface area (Å²) in [4.78, 5) is 2.34. The monoisotopic (exact) mass is 219 g/mol. The minimum absolute atomic E-state index is 0.698. The molecule has 0 unspecified atom stereocenters. The summed E-state index contributed by atoms with van der Waals surface area (Å²) in [7, 11) is 0. The summed E-state index contributed by atoms with van der Waals surface area (Å²) in [5.41, 5.74) is 0.740. The van der Waals surface area contributed by atoms with Gasteiger partial charge in [-0.1, -0.05) is 12.1 Å². The van der Waals surface area contributed by atoms with Crippen LogP contribution in [0.4, 0.5) is 0 Å². The smallest absolute Gasteiger partial charge is 0.119 e. The van der Waals surface area contributed by atoms with E-state index in [1.54, 1.807) is 0 Å². The van der Waals surface area contributed by atoms with Gasteiger partial charge in [-0.3, -0.25) is 4.90 Å². The molecule has 1 aliphatic rings. The van der Waals surface area contributed by atoms with Crippen LogP contribution in [0.1, 0.15) is 5.56 Å². The van der Waals surface area contributed by atoms with E-state index in [1.165, 1.54) is 0 Å². The molecule has 1 aliphatic heterocycles. The van der Waals surface area contributed by atoms with Gasteiger partial charge in [-0.05, 0) is 24.6 Å². The maximum atomic E-state index is 5.67. The highest BCUT2D eigenvalue weighted by Crippen LogP contribution is 2.12. The molecule has 2 radical (unpaired) electrons. The summed E-state index contributed by atoms with van der Waals surface area (Å²) in [5, 5.41) is 0. The van der Waals surface area contributed by atoms with Crippen LogP contribution in [-0.4, -0.2) is 44.4 Å². The molecule has 0 aromatic heterocycles. The highest BCUT2D eigenvalue weighted by Gasteiger charge is 2.09. The summed E-state index contributed by atoms with van der Waals surface area (Å²) >= 11 is 0. The van der Waals surface area contributed by atoms with Crippen molar-refractivity contribution in [3.8, 4) is 5.75 Å². The van der Waals surface area contributed by atoms with Gasteiger partial charge in [0.2, 0.25) is 0 Å². The Hall–Kier alpha value is -1.06. The van der Waals surface area contributed by atoms with E-state index in [1.807, 2.05) is 24.3 Å². The summed E-state index contributed by atoms with van der Waals surface area (Å²) in [5.74, 6) is 0.841. The highest BCUT2D eigenvalue weighted by molar-refractivity contribution is 5.29. The number of morpholine rings is 1. The lowest BCUT2D eigenvalue weighted by atomic mass is 10.2. The third-order valence-corrected chi connectivity index (χ3v) is 2.64. The fourth-order valence-corrected chi connectivity index (χ4v) is 1.72. The Morgan fingerprint density at radius 3 is 2.88 bits per heavy atom. The van der Waals surface area contributed by atoms with E-state index in [2.05, 4.69) is 4.90 Å². The molecule has 0 spiro atoms. The van der Waals surface area contributed by atoms with Gasteiger partial charge in [-0.25, -0.2) is 0 Å². The molecular formula is C13H17NO2. The zero-order valence-electron chi connectivity index (χ0n) is 9.39. The van der Waals surface area contributed by atoms with Crippen molar-refractivity contribution in [3.63, 3.8) is 0 Å². The molecule has 0 bridgehead atoms. The molecule has 0 aliphatic carbocycles. The van der Waals surface area contributed by atoms with Crippen molar-refractivity contribution in [1.29, 1.82) is 0 Å². The van der Waals surface area contributed by atoms with E-state index in [9.17, 15) is 0 Å². The van der Waals surface area contributed by atoms with E-state index in [0.717, 1.165) is 44.2 Å². The number of ether oxygens (including phenoxy) is 2. The Balaban J connectivity index is 1.71. The lowest BCUT2D eigenvalue weighted by Crippen LogP contribution is -2.38. The van der Waals surface area contributed by atoms with Crippen LogP contribution in [0, 0.1) is 6.92 Å². The first-order chi connectivity index (χ1) is 7.84. The second-order valence-electron chi connectivity index (χ2n) is 3.87. The first kappa shape index (κ1) is 11.4. The van der Waals surface area contributed by atoms with E-state index in [4.69, 9.17) is 16.4 Å². The Morgan fingerprint density at radius 2 is 2.12 bits per heavy atom. The third kappa shape index (κ3) is 3.51. The molecule has 0 atom stereocenters. The van der Waals surface area contributed by atoms with Crippen molar-refractivity contribution in [3.05, 3.63) is 36.8 Å². The van der Waals surface area contributed by atoms with Crippen LogP contribution < -0.4 is 4.74 Å². The molecule has 0 N–H and O–H groups in total. The average Bonchev–Trinajstić information content (AvgIpc) is 2.30. The van der Waals surface area contributed by atoms with Crippen LogP contribution in [-0.2, 0) is 4.74 Å². The minimum Gasteiger partial charge on any atom is -0.492 e. The van der Waals surface area contributed by atoms with Gasteiger partial charge in [0.15, 0.2) is 0 Å². The van der Waals surface area contributed by atoms with Crippen molar-refractivity contribution in [2.24, 2.45) is 0 Å². The van der Waals surface area contributed by atoms with Gasteiger partial charge in [0.25, 0.3) is 0 Å². The Labute approximate surface area is 97.0 Å². The molecule has 3 nitrogen and oxygen atoms in total. The van der Waals surface area contributed by atoms with E-state index in [0.29, 0.717) is 6.61 Å². The summed E-state index contributed by atoms with van der Waals surface area (Å²) in [6.07, 6.45) is 0. The van der Waals surface area contributed by atoms with Crippen LogP contribution in [0.3, 0.4) is 0 Å². The average molecular weight is 219 g/mol. The molecule has 0 amide bonds. The Morgan fingerprint density at radius 1 is 1.31 bits per heavy atom. The number of hydrogen-bond donors (Lipinski definition) is 0. The quantitative estimate of drug-likeness (QED) is 0.765. The molecule has 1 heterocycles. The van der Waals surface area contributed by atoms with Crippen molar-refractivity contribution in [2.75, 3.05) is 39.5 Å². The van der Waals surface area contributed by atoms with E-state index < -0.39 is 0 Å². The van der Waals surface area contributed by atoms with Gasteiger partial charge in [-0.15, -0.1) is 0 Å². The van der Waals surface area contributed by atoms with Gasteiger partial charge in [0, 0.05) is 19.6 Å². The maximum absolute atomic E-state index is 5.67. The molecule has 1 aromatic carbocycles. The lowest BCUT2D eigenvalue weighted by molar-refractivity contribution is 0.0322. The number of hydrogen-bond acceptors (Lipinski definition) is 3. The predicted octanol–water partition coefficient (Wildman–Crippen LogP) is 1.46.